The molecule has 0 aliphatic rings. The minimum atomic E-state index is -0.189. The lowest BCUT2D eigenvalue weighted by Crippen LogP contribution is -2.26. The van der Waals surface area contributed by atoms with Crippen LogP contribution in [0.25, 0.3) is 11.1 Å². The van der Waals surface area contributed by atoms with E-state index in [0.29, 0.717) is 30.0 Å². The summed E-state index contributed by atoms with van der Waals surface area (Å²) in [5.41, 5.74) is 3.79. The van der Waals surface area contributed by atoms with Crippen LogP contribution in [0.1, 0.15) is 28.0 Å². The number of nitriles is 1. The third-order valence-corrected chi connectivity index (χ3v) is 5.07. The minimum Gasteiger partial charge on any atom is -0.491 e. The molecule has 7 heteroatoms. The molecule has 0 aliphatic heterocycles. The number of carbonyl (C=O) groups is 1. The highest BCUT2D eigenvalue weighted by atomic mass is 35.5. The van der Waals surface area contributed by atoms with E-state index >= 15 is 0 Å². The van der Waals surface area contributed by atoms with Gasteiger partial charge < -0.3 is 14.7 Å². The molecule has 0 fully saturated rings. The van der Waals surface area contributed by atoms with Crippen molar-refractivity contribution in [3.05, 3.63) is 76.6 Å². The van der Waals surface area contributed by atoms with Gasteiger partial charge in [0, 0.05) is 31.2 Å². The summed E-state index contributed by atoms with van der Waals surface area (Å²) in [5.74, 6) is 0.389. The van der Waals surface area contributed by atoms with Crippen LogP contribution in [0.2, 0.25) is 5.15 Å². The summed E-state index contributed by atoms with van der Waals surface area (Å²) in [7, 11) is 1.69. The molecule has 3 aromatic rings. The lowest BCUT2D eigenvalue weighted by Gasteiger charge is -2.21. The maximum atomic E-state index is 13.0. The van der Waals surface area contributed by atoms with Gasteiger partial charge in [-0.15, -0.1) is 0 Å². The van der Waals surface area contributed by atoms with E-state index in [2.05, 4.69) is 4.98 Å². The van der Waals surface area contributed by atoms with Gasteiger partial charge in [-0.2, -0.15) is 5.26 Å². The third kappa shape index (κ3) is 5.02. The first-order valence-electron chi connectivity index (χ1n) is 9.74. The minimum absolute atomic E-state index is 0.0432. The quantitative estimate of drug-likeness (QED) is 0.432. The van der Waals surface area contributed by atoms with Crippen molar-refractivity contribution in [1.82, 2.24) is 4.98 Å². The Morgan fingerprint density at radius 3 is 2.58 bits per heavy atom. The largest absolute Gasteiger partial charge is 0.491 e. The first-order chi connectivity index (χ1) is 15.0. The molecule has 0 radical (unpaired) electrons. The second kappa shape index (κ2) is 10.1. The van der Waals surface area contributed by atoms with Crippen LogP contribution in [-0.4, -0.2) is 36.3 Å². The SMILES string of the molecule is Cc1cc(C#N)nc(Cl)c1-c1ccc(C(=O)N(C)c2ccccc2OCCCO)cc1. The number of para-hydroxylation sites is 2. The van der Waals surface area contributed by atoms with Crippen LogP contribution >= 0.6 is 11.6 Å². The molecule has 0 atom stereocenters. The Bertz CT molecular complexity index is 1100. The molecule has 1 N–H and O–H groups in total. The number of rotatable bonds is 7. The molecule has 2 aromatic carbocycles. The van der Waals surface area contributed by atoms with E-state index in [1.165, 1.54) is 4.90 Å². The fourth-order valence-corrected chi connectivity index (χ4v) is 3.57. The Labute approximate surface area is 186 Å². The predicted octanol–water partition coefficient (Wildman–Crippen LogP) is 4.62. The number of aliphatic hydroxyl groups excluding tert-OH is 1. The molecule has 1 amide bonds. The number of nitrogens with zero attached hydrogens (tertiary/aromatic N) is 3. The van der Waals surface area contributed by atoms with E-state index in [1.807, 2.05) is 43.3 Å². The highest BCUT2D eigenvalue weighted by Crippen LogP contribution is 2.32. The number of amides is 1. The van der Waals surface area contributed by atoms with Crippen molar-refractivity contribution in [2.45, 2.75) is 13.3 Å². The zero-order valence-corrected chi connectivity index (χ0v) is 18.1. The smallest absolute Gasteiger partial charge is 0.258 e. The van der Waals surface area contributed by atoms with Crippen LogP contribution in [0.15, 0.2) is 54.6 Å². The van der Waals surface area contributed by atoms with Gasteiger partial charge >= 0.3 is 0 Å². The maximum Gasteiger partial charge on any atom is 0.258 e. The van der Waals surface area contributed by atoms with Crippen molar-refractivity contribution < 1.29 is 14.6 Å². The monoisotopic (exact) mass is 435 g/mol. The normalized spacial score (nSPS) is 10.4. The van der Waals surface area contributed by atoms with Crippen molar-refractivity contribution in [2.24, 2.45) is 0 Å². The molecule has 6 nitrogen and oxygen atoms in total. The van der Waals surface area contributed by atoms with Gasteiger partial charge in [0.25, 0.3) is 5.91 Å². The molecule has 1 aromatic heterocycles. The second-order valence-corrected chi connectivity index (χ2v) is 7.29. The predicted molar refractivity (Wildman–Crippen MR) is 121 cm³/mol. The lowest BCUT2D eigenvalue weighted by molar-refractivity contribution is 0.0992. The number of pyridine rings is 1. The standard InChI is InChI=1S/C24H22ClN3O3/c1-16-14-19(15-26)27-23(25)22(16)17-8-10-18(11-9-17)24(30)28(2)20-6-3-4-7-21(20)31-13-5-12-29/h3-4,6-11,14,29H,5,12-13H2,1-2H3. The number of halogens is 1. The summed E-state index contributed by atoms with van der Waals surface area (Å²) >= 11 is 6.28. The van der Waals surface area contributed by atoms with Gasteiger partial charge in [-0.3, -0.25) is 4.79 Å². The Hall–Kier alpha value is -3.40. The Balaban J connectivity index is 1.84. The van der Waals surface area contributed by atoms with E-state index in [9.17, 15) is 4.79 Å². The average molecular weight is 436 g/mol. The lowest BCUT2D eigenvalue weighted by atomic mass is 10.0. The van der Waals surface area contributed by atoms with Gasteiger partial charge in [0.15, 0.2) is 0 Å². The molecule has 0 bridgehead atoms. The highest BCUT2D eigenvalue weighted by molar-refractivity contribution is 6.32. The number of hydrogen-bond donors (Lipinski definition) is 1. The number of aromatic nitrogens is 1. The van der Waals surface area contributed by atoms with Crippen LogP contribution in [0, 0.1) is 18.3 Å². The first-order valence-corrected chi connectivity index (χ1v) is 10.1. The Kier molecular flexibility index (Phi) is 7.24. The molecule has 0 saturated heterocycles. The van der Waals surface area contributed by atoms with Crippen LogP contribution in [-0.2, 0) is 0 Å². The van der Waals surface area contributed by atoms with Crippen molar-refractivity contribution in [3.8, 4) is 22.9 Å². The Morgan fingerprint density at radius 2 is 1.94 bits per heavy atom. The Morgan fingerprint density at radius 1 is 1.23 bits per heavy atom. The third-order valence-electron chi connectivity index (χ3n) is 4.80. The number of hydrogen-bond acceptors (Lipinski definition) is 5. The molecule has 31 heavy (non-hydrogen) atoms. The number of anilines is 1. The molecule has 0 unspecified atom stereocenters. The van der Waals surface area contributed by atoms with Gasteiger partial charge in [0.1, 0.15) is 22.7 Å². The molecule has 0 aliphatic carbocycles. The summed E-state index contributed by atoms with van der Waals surface area (Å²) in [5, 5.41) is 18.2. The molecular formula is C24H22ClN3O3. The number of ether oxygens (including phenoxy) is 1. The summed E-state index contributed by atoms with van der Waals surface area (Å²) in [6.07, 6.45) is 0.514. The molecule has 3 rings (SSSR count). The highest BCUT2D eigenvalue weighted by Gasteiger charge is 2.18. The van der Waals surface area contributed by atoms with Gasteiger partial charge in [0.05, 0.1) is 12.3 Å². The second-order valence-electron chi connectivity index (χ2n) is 6.94. The number of aryl methyl sites for hydroxylation is 1. The van der Waals surface area contributed by atoms with Crippen LogP contribution < -0.4 is 9.64 Å². The van der Waals surface area contributed by atoms with Crippen molar-refractivity contribution >= 4 is 23.2 Å². The zero-order valence-electron chi connectivity index (χ0n) is 17.3. The van der Waals surface area contributed by atoms with Crippen LogP contribution in [0.3, 0.4) is 0 Å². The topological polar surface area (TPSA) is 86.5 Å². The van der Waals surface area contributed by atoms with Crippen molar-refractivity contribution in [1.29, 1.82) is 5.26 Å². The van der Waals surface area contributed by atoms with E-state index in [0.717, 1.165) is 16.7 Å². The molecule has 0 spiro atoms. The van der Waals surface area contributed by atoms with E-state index in [4.69, 9.17) is 26.7 Å². The van der Waals surface area contributed by atoms with Gasteiger partial charge in [-0.05, 0) is 48.4 Å². The van der Waals surface area contributed by atoms with Gasteiger partial charge in [-0.1, -0.05) is 35.9 Å². The van der Waals surface area contributed by atoms with E-state index < -0.39 is 0 Å². The van der Waals surface area contributed by atoms with Crippen molar-refractivity contribution in [2.75, 3.05) is 25.2 Å². The average Bonchev–Trinajstić information content (AvgIpc) is 2.78. The van der Waals surface area contributed by atoms with Crippen molar-refractivity contribution in [3.63, 3.8) is 0 Å². The molecule has 158 valence electrons. The number of carbonyl (C=O) groups excluding carboxylic acids is 1. The number of benzene rings is 2. The summed E-state index contributed by atoms with van der Waals surface area (Å²) in [6.45, 7) is 2.27. The summed E-state index contributed by atoms with van der Waals surface area (Å²) in [6, 6.07) is 18.0. The zero-order chi connectivity index (χ0) is 22.4. The summed E-state index contributed by atoms with van der Waals surface area (Å²) < 4.78 is 5.71. The fraction of sp³-hybridized carbons (Fsp3) is 0.208. The summed E-state index contributed by atoms with van der Waals surface area (Å²) in [4.78, 5) is 18.7. The fourth-order valence-electron chi connectivity index (χ4n) is 3.22. The first kappa shape index (κ1) is 22.3. The number of aliphatic hydroxyl groups is 1. The van der Waals surface area contributed by atoms with Gasteiger partial charge in [-0.25, -0.2) is 4.98 Å². The maximum absolute atomic E-state index is 13.0. The van der Waals surface area contributed by atoms with E-state index in [-0.39, 0.29) is 23.4 Å². The van der Waals surface area contributed by atoms with E-state index in [1.54, 1.807) is 31.3 Å². The molecule has 0 saturated carbocycles. The molecule has 1 heterocycles. The van der Waals surface area contributed by atoms with Crippen LogP contribution in [0.4, 0.5) is 5.69 Å². The van der Waals surface area contributed by atoms with Gasteiger partial charge in [0.2, 0.25) is 0 Å². The van der Waals surface area contributed by atoms with Crippen LogP contribution in [0.5, 0.6) is 5.75 Å². The molecular weight excluding hydrogens is 414 g/mol.